The normalized spacial score (nSPS) is 11.5. The predicted octanol–water partition coefficient (Wildman–Crippen LogP) is 1.49. The van der Waals surface area contributed by atoms with Gasteiger partial charge in [-0.25, -0.2) is 10.2 Å². The Hall–Kier alpha value is -3.88. The molecule has 152 valence electrons. The molecule has 1 atom stereocenters. The van der Waals surface area contributed by atoms with Crippen LogP contribution in [0, 0.1) is 0 Å². The van der Waals surface area contributed by atoms with Gasteiger partial charge < -0.3 is 19.9 Å². The van der Waals surface area contributed by atoms with E-state index in [9.17, 15) is 14.4 Å². The van der Waals surface area contributed by atoms with Gasteiger partial charge in [-0.1, -0.05) is 30.3 Å². The summed E-state index contributed by atoms with van der Waals surface area (Å²) in [5.41, 5.74) is 3.56. The average molecular weight is 399 g/mol. The van der Waals surface area contributed by atoms with E-state index in [2.05, 4.69) is 15.8 Å². The van der Waals surface area contributed by atoms with Crippen LogP contribution in [-0.4, -0.2) is 42.8 Å². The first kappa shape index (κ1) is 21.4. The molecule has 0 radical (unpaired) electrons. The molecule has 2 aromatic carbocycles. The van der Waals surface area contributed by atoms with Gasteiger partial charge in [0.2, 0.25) is 0 Å². The maximum atomic E-state index is 12.0. The van der Waals surface area contributed by atoms with E-state index in [1.807, 2.05) is 30.3 Å². The fraction of sp³-hybridized carbons (Fsp3) is 0.200. The lowest BCUT2D eigenvalue weighted by molar-refractivity contribution is -0.139. The maximum absolute atomic E-state index is 12.0. The number of ether oxygens (including phenoxy) is 2. The summed E-state index contributed by atoms with van der Waals surface area (Å²) < 4.78 is 10.2. The van der Waals surface area contributed by atoms with E-state index >= 15 is 0 Å². The Morgan fingerprint density at radius 1 is 1.10 bits per heavy atom. The van der Waals surface area contributed by atoms with Gasteiger partial charge in [0, 0.05) is 0 Å². The van der Waals surface area contributed by atoms with Crippen molar-refractivity contribution in [3.05, 3.63) is 59.7 Å². The molecule has 0 fully saturated rings. The van der Waals surface area contributed by atoms with Gasteiger partial charge in [0.25, 0.3) is 0 Å². The second-order valence-corrected chi connectivity index (χ2v) is 5.90. The highest BCUT2D eigenvalue weighted by Gasteiger charge is 2.16. The zero-order valence-corrected chi connectivity index (χ0v) is 15.9. The number of hydrogen-bond acceptors (Lipinski definition) is 6. The van der Waals surface area contributed by atoms with Gasteiger partial charge in [-0.3, -0.25) is 9.59 Å². The Labute approximate surface area is 167 Å². The van der Waals surface area contributed by atoms with E-state index < -0.39 is 24.4 Å². The molecule has 0 bridgehead atoms. The highest BCUT2D eigenvalue weighted by atomic mass is 16.5. The van der Waals surface area contributed by atoms with Gasteiger partial charge in [-0.05, 0) is 36.2 Å². The van der Waals surface area contributed by atoms with Crippen LogP contribution in [-0.2, 0) is 14.4 Å². The van der Waals surface area contributed by atoms with Crippen LogP contribution in [0.3, 0.4) is 0 Å². The zero-order chi connectivity index (χ0) is 21.2. The van der Waals surface area contributed by atoms with Crippen molar-refractivity contribution in [3.63, 3.8) is 0 Å². The molecule has 0 aliphatic rings. The highest BCUT2D eigenvalue weighted by Crippen LogP contribution is 2.27. The third-order valence-corrected chi connectivity index (χ3v) is 3.77. The molecule has 9 heteroatoms. The van der Waals surface area contributed by atoms with Crippen molar-refractivity contribution in [3.8, 4) is 11.5 Å². The van der Waals surface area contributed by atoms with E-state index in [4.69, 9.17) is 14.6 Å². The molecule has 0 spiro atoms. The number of hydrazone groups is 1. The zero-order valence-electron chi connectivity index (χ0n) is 15.9. The minimum Gasteiger partial charge on any atom is -0.493 e. The first-order chi connectivity index (χ1) is 13.9. The molecular weight excluding hydrogens is 378 g/mol. The number of carbonyl (C=O) groups excluding carboxylic acids is 2. The largest absolute Gasteiger partial charge is 0.493 e. The van der Waals surface area contributed by atoms with Crippen molar-refractivity contribution in [1.82, 2.24) is 10.7 Å². The third kappa shape index (κ3) is 6.65. The van der Waals surface area contributed by atoms with E-state index in [1.54, 1.807) is 19.1 Å². The number of carboxylic acid groups (broad SMARTS) is 1. The van der Waals surface area contributed by atoms with E-state index in [1.165, 1.54) is 19.4 Å². The fourth-order valence-electron chi connectivity index (χ4n) is 2.33. The Morgan fingerprint density at radius 2 is 1.83 bits per heavy atom. The lowest BCUT2D eigenvalue weighted by Gasteiger charge is -2.13. The van der Waals surface area contributed by atoms with Gasteiger partial charge in [-0.2, -0.15) is 5.10 Å². The number of rotatable bonds is 8. The molecule has 0 aliphatic heterocycles. The van der Waals surface area contributed by atoms with Crippen LogP contribution in [0.5, 0.6) is 11.5 Å². The molecule has 0 saturated heterocycles. The number of carbonyl (C=O) groups is 3. The molecule has 29 heavy (non-hydrogen) atoms. The lowest BCUT2D eigenvalue weighted by Crippen LogP contribution is -2.39. The van der Waals surface area contributed by atoms with Crippen LogP contribution in [0.25, 0.3) is 0 Å². The summed E-state index contributed by atoms with van der Waals surface area (Å²) in [7, 11) is 1.41. The number of amides is 2. The van der Waals surface area contributed by atoms with Crippen molar-refractivity contribution >= 4 is 24.0 Å². The van der Waals surface area contributed by atoms with Crippen LogP contribution >= 0.6 is 0 Å². The summed E-state index contributed by atoms with van der Waals surface area (Å²) in [4.78, 5) is 34.4. The predicted molar refractivity (Wildman–Crippen MR) is 105 cm³/mol. The molecule has 2 rings (SSSR count). The summed E-state index contributed by atoms with van der Waals surface area (Å²) in [6.45, 7) is 1.26. The fourth-order valence-corrected chi connectivity index (χ4v) is 2.33. The van der Waals surface area contributed by atoms with Gasteiger partial charge >= 0.3 is 17.8 Å². The van der Waals surface area contributed by atoms with Crippen LogP contribution < -0.4 is 20.2 Å². The Morgan fingerprint density at radius 3 is 2.48 bits per heavy atom. The second-order valence-electron chi connectivity index (χ2n) is 5.90. The quantitative estimate of drug-likeness (QED) is 0.351. The molecule has 0 heterocycles. The number of nitrogens with one attached hydrogen (secondary N) is 2. The monoisotopic (exact) mass is 399 g/mol. The van der Waals surface area contributed by atoms with Crippen molar-refractivity contribution < 1.29 is 29.0 Å². The van der Waals surface area contributed by atoms with Crippen molar-refractivity contribution in [2.24, 2.45) is 5.10 Å². The molecular formula is C20H21N3O6. The Kier molecular flexibility index (Phi) is 7.72. The molecule has 0 saturated carbocycles. The van der Waals surface area contributed by atoms with Crippen LogP contribution in [0.15, 0.2) is 53.6 Å². The molecule has 2 aromatic rings. The van der Waals surface area contributed by atoms with E-state index in [0.29, 0.717) is 11.3 Å². The summed E-state index contributed by atoms with van der Waals surface area (Å²) in [5.74, 6) is -2.27. The summed E-state index contributed by atoms with van der Waals surface area (Å²) in [6, 6.07) is 13.6. The SMILES string of the molecule is COc1cc(/C=N\NC(=O)C(=O)N[C@H](C)c2ccccc2)ccc1OCC(=O)O. The van der Waals surface area contributed by atoms with Crippen LogP contribution in [0.2, 0.25) is 0 Å². The van der Waals surface area contributed by atoms with Crippen molar-refractivity contribution in [2.75, 3.05) is 13.7 Å². The molecule has 0 aromatic heterocycles. The standard InChI is InChI=1S/C20H21N3O6/c1-13(15-6-4-3-5-7-15)22-19(26)20(27)23-21-11-14-8-9-16(17(10-14)28-2)29-12-18(24)25/h3-11,13H,12H2,1-2H3,(H,22,26)(H,23,27)(H,24,25)/b21-11-/t13-/m1/s1. The summed E-state index contributed by atoms with van der Waals surface area (Å²) in [5, 5.41) is 15.0. The number of hydrogen-bond donors (Lipinski definition) is 3. The number of nitrogens with zero attached hydrogens (tertiary/aromatic N) is 1. The molecule has 0 aliphatic carbocycles. The average Bonchev–Trinajstić information content (AvgIpc) is 2.72. The van der Waals surface area contributed by atoms with Crippen molar-refractivity contribution in [1.29, 1.82) is 0 Å². The lowest BCUT2D eigenvalue weighted by atomic mass is 10.1. The Bertz CT molecular complexity index is 898. The molecule has 9 nitrogen and oxygen atoms in total. The van der Waals surface area contributed by atoms with Gasteiger partial charge in [0.1, 0.15) is 0 Å². The maximum Gasteiger partial charge on any atom is 0.341 e. The molecule has 2 amide bonds. The first-order valence-corrected chi connectivity index (χ1v) is 8.62. The second kappa shape index (κ2) is 10.5. The van der Waals surface area contributed by atoms with Crippen LogP contribution in [0.4, 0.5) is 0 Å². The Balaban J connectivity index is 1.91. The number of carboxylic acids is 1. The van der Waals surface area contributed by atoms with Gasteiger partial charge in [-0.15, -0.1) is 0 Å². The number of aliphatic carboxylic acids is 1. The van der Waals surface area contributed by atoms with Crippen LogP contribution in [0.1, 0.15) is 24.1 Å². The third-order valence-electron chi connectivity index (χ3n) is 3.77. The minimum absolute atomic E-state index is 0.255. The molecule has 0 unspecified atom stereocenters. The number of methoxy groups -OCH3 is 1. The smallest absolute Gasteiger partial charge is 0.341 e. The van der Waals surface area contributed by atoms with Gasteiger partial charge in [0.05, 0.1) is 19.4 Å². The van der Waals surface area contributed by atoms with Crippen molar-refractivity contribution in [2.45, 2.75) is 13.0 Å². The van der Waals surface area contributed by atoms with E-state index in [0.717, 1.165) is 5.56 Å². The topological polar surface area (TPSA) is 126 Å². The number of benzene rings is 2. The first-order valence-electron chi connectivity index (χ1n) is 8.62. The minimum atomic E-state index is -1.11. The van der Waals surface area contributed by atoms with Gasteiger partial charge in [0.15, 0.2) is 18.1 Å². The summed E-state index contributed by atoms with van der Waals surface area (Å²) >= 11 is 0. The van der Waals surface area contributed by atoms with E-state index in [-0.39, 0.29) is 11.8 Å². The molecule has 3 N–H and O–H groups in total. The highest BCUT2D eigenvalue weighted by molar-refractivity contribution is 6.35. The summed E-state index contributed by atoms with van der Waals surface area (Å²) in [6.07, 6.45) is 1.31.